The van der Waals surface area contributed by atoms with E-state index >= 15 is 0 Å². The monoisotopic (exact) mass is 347 g/mol. The van der Waals surface area contributed by atoms with Crippen LogP contribution in [0.5, 0.6) is 11.5 Å². The first kappa shape index (κ1) is 16.9. The van der Waals surface area contributed by atoms with Crippen LogP contribution in [0.2, 0.25) is 0 Å². The molecule has 0 saturated carbocycles. The van der Waals surface area contributed by atoms with Crippen LogP contribution < -0.4 is 9.47 Å². The fourth-order valence-corrected chi connectivity index (χ4v) is 4.22. The highest BCUT2D eigenvalue weighted by Gasteiger charge is 2.30. The molecular weight excluding hydrogens is 322 g/mol. The Morgan fingerprint density at radius 1 is 0.923 bits per heavy atom. The first-order valence-corrected chi connectivity index (χ1v) is 9.13. The fourth-order valence-electron chi connectivity index (χ4n) is 4.22. The van der Waals surface area contributed by atoms with Crippen molar-refractivity contribution in [3.8, 4) is 11.5 Å². The number of hydrogen-bond donors (Lipinski definition) is 0. The average molecular weight is 347 g/mol. The lowest BCUT2D eigenvalue weighted by Crippen LogP contribution is -2.34. The zero-order chi connectivity index (χ0) is 18.1. The topological polar surface area (TPSA) is 21.7 Å². The molecule has 1 atom stereocenters. The van der Waals surface area contributed by atoms with Gasteiger partial charge >= 0.3 is 0 Å². The van der Waals surface area contributed by atoms with Gasteiger partial charge in [-0.2, -0.15) is 0 Å². The van der Waals surface area contributed by atoms with Gasteiger partial charge in [0, 0.05) is 23.7 Å². The molecule has 0 amide bonds. The molecule has 134 valence electrons. The second-order valence-corrected chi connectivity index (χ2v) is 6.95. The van der Waals surface area contributed by atoms with Crippen molar-refractivity contribution in [3.05, 3.63) is 71.3 Å². The second kappa shape index (κ2) is 7.00. The summed E-state index contributed by atoms with van der Waals surface area (Å²) >= 11 is 0. The van der Waals surface area contributed by atoms with Crippen LogP contribution in [0, 0.1) is 0 Å². The van der Waals surface area contributed by atoms with Crippen molar-refractivity contribution in [2.24, 2.45) is 0 Å². The van der Waals surface area contributed by atoms with E-state index in [4.69, 9.17) is 9.47 Å². The van der Waals surface area contributed by atoms with Crippen molar-refractivity contribution in [1.29, 1.82) is 0 Å². The van der Waals surface area contributed by atoms with Crippen LogP contribution in [-0.4, -0.2) is 32.7 Å². The maximum absolute atomic E-state index is 5.73. The summed E-state index contributed by atoms with van der Waals surface area (Å²) in [5, 5.41) is 2.62. The SMILES string of the molecule is COc1ccc(OC)c2c1CCN(C)C2Cc1cccc2ccccc12. The molecule has 3 heteroatoms. The Morgan fingerprint density at radius 3 is 2.46 bits per heavy atom. The van der Waals surface area contributed by atoms with Crippen molar-refractivity contribution in [2.45, 2.75) is 18.9 Å². The lowest BCUT2D eigenvalue weighted by molar-refractivity contribution is 0.220. The molecule has 3 aromatic carbocycles. The first-order valence-electron chi connectivity index (χ1n) is 9.13. The quantitative estimate of drug-likeness (QED) is 0.687. The van der Waals surface area contributed by atoms with Crippen LogP contribution in [-0.2, 0) is 12.8 Å². The molecule has 0 radical (unpaired) electrons. The van der Waals surface area contributed by atoms with Gasteiger partial charge < -0.3 is 9.47 Å². The van der Waals surface area contributed by atoms with Crippen molar-refractivity contribution in [3.63, 3.8) is 0 Å². The third kappa shape index (κ3) is 2.82. The molecule has 1 aliphatic heterocycles. The van der Waals surface area contributed by atoms with Gasteiger partial charge in [-0.1, -0.05) is 42.5 Å². The van der Waals surface area contributed by atoms with Gasteiger partial charge in [-0.15, -0.1) is 0 Å². The lowest BCUT2D eigenvalue weighted by atomic mass is 9.86. The van der Waals surface area contributed by atoms with E-state index in [1.165, 1.54) is 27.5 Å². The number of likely N-dealkylation sites (N-methyl/N-ethyl adjacent to an activating group) is 1. The summed E-state index contributed by atoms with van der Waals surface area (Å²) in [7, 11) is 5.71. The number of rotatable bonds is 4. The molecule has 0 fully saturated rings. The third-order valence-corrected chi connectivity index (χ3v) is 5.59. The van der Waals surface area contributed by atoms with E-state index in [0.717, 1.165) is 30.9 Å². The third-order valence-electron chi connectivity index (χ3n) is 5.59. The van der Waals surface area contributed by atoms with Crippen molar-refractivity contribution in [1.82, 2.24) is 4.90 Å². The molecule has 0 spiro atoms. The van der Waals surface area contributed by atoms with Gasteiger partial charge in [-0.05, 0) is 48.4 Å². The number of methoxy groups -OCH3 is 2. The number of hydrogen-bond acceptors (Lipinski definition) is 3. The highest BCUT2D eigenvalue weighted by Crippen LogP contribution is 2.42. The summed E-state index contributed by atoms with van der Waals surface area (Å²) in [5.41, 5.74) is 3.93. The Kier molecular flexibility index (Phi) is 4.56. The lowest BCUT2D eigenvalue weighted by Gasteiger charge is -2.36. The average Bonchev–Trinajstić information content (AvgIpc) is 2.69. The van der Waals surface area contributed by atoms with Crippen LogP contribution in [0.15, 0.2) is 54.6 Å². The van der Waals surface area contributed by atoms with Gasteiger partial charge in [0.1, 0.15) is 11.5 Å². The Labute approximate surface area is 155 Å². The molecule has 1 heterocycles. The van der Waals surface area contributed by atoms with Crippen LogP contribution in [0.4, 0.5) is 0 Å². The molecule has 0 N–H and O–H groups in total. The van der Waals surface area contributed by atoms with Gasteiger partial charge in [0.2, 0.25) is 0 Å². The number of fused-ring (bicyclic) bond motifs is 2. The molecule has 4 rings (SSSR count). The minimum absolute atomic E-state index is 0.273. The van der Waals surface area contributed by atoms with E-state index < -0.39 is 0 Å². The van der Waals surface area contributed by atoms with E-state index in [-0.39, 0.29) is 6.04 Å². The summed E-state index contributed by atoms with van der Waals surface area (Å²) in [6, 6.07) is 19.5. The molecule has 0 aliphatic carbocycles. The molecule has 1 aliphatic rings. The smallest absolute Gasteiger partial charge is 0.124 e. The Bertz CT molecular complexity index is 929. The molecule has 0 saturated heterocycles. The molecular formula is C23H25NO2. The maximum atomic E-state index is 5.73. The summed E-state index contributed by atoms with van der Waals surface area (Å²) in [4.78, 5) is 2.44. The van der Waals surface area contributed by atoms with Gasteiger partial charge in [0.15, 0.2) is 0 Å². The standard InChI is InChI=1S/C23H25NO2/c1-24-14-13-19-21(25-2)11-12-22(26-3)23(19)20(24)15-17-9-6-8-16-7-4-5-10-18(16)17/h4-12,20H,13-15H2,1-3H3. The molecule has 0 bridgehead atoms. The van der Waals surface area contributed by atoms with E-state index in [1.807, 2.05) is 12.1 Å². The zero-order valence-electron chi connectivity index (χ0n) is 15.7. The normalized spacial score (nSPS) is 17.1. The van der Waals surface area contributed by atoms with Gasteiger partial charge in [0.25, 0.3) is 0 Å². The molecule has 0 aromatic heterocycles. The van der Waals surface area contributed by atoms with Gasteiger partial charge in [0.05, 0.1) is 14.2 Å². The van der Waals surface area contributed by atoms with Crippen LogP contribution in [0.1, 0.15) is 22.7 Å². The summed E-state index contributed by atoms with van der Waals surface area (Å²) in [6.07, 6.45) is 1.94. The van der Waals surface area contributed by atoms with E-state index in [1.54, 1.807) is 14.2 Å². The van der Waals surface area contributed by atoms with Gasteiger partial charge in [-0.25, -0.2) is 0 Å². The number of benzene rings is 3. The van der Waals surface area contributed by atoms with Crippen molar-refractivity contribution < 1.29 is 9.47 Å². The zero-order valence-corrected chi connectivity index (χ0v) is 15.7. The minimum atomic E-state index is 0.273. The predicted octanol–water partition coefficient (Wildman–Crippen LogP) is 4.63. The Morgan fingerprint density at radius 2 is 1.65 bits per heavy atom. The molecule has 3 aromatic rings. The van der Waals surface area contributed by atoms with E-state index in [2.05, 4.69) is 54.4 Å². The van der Waals surface area contributed by atoms with Crippen LogP contribution in [0.3, 0.4) is 0 Å². The molecule has 26 heavy (non-hydrogen) atoms. The van der Waals surface area contributed by atoms with E-state index in [0.29, 0.717) is 0 Å². The molecule has 1 unspecified atom stereocenters. The largest absolute Gasteiger partial charge is 0.496 e. The fraction of sp³-hybridized carbons (Fsp3) is 0.304. The molecule has 3 nitrogen and oxygen atoms in total. The van der Waals surface area contributed by atoms with Crippen molar-refractivity contribution in [2.75, 3.05) is 27.8 Å². The second-order valence-electron chi connectivity index (χ2n) is 6.95. The predicted molar refractivity (Wildman–Crippen MR) is 106 cm³/mol. The van der Waals surface area contributed by atoms with Crippen LogP contribution in [0.25, 0.3) is 10.8 Å². The van der Waals surface area contributed by atoms with Gasteiger partial charge in [-0.3, -0.25) is 4.90 Å². The highest BCUT2D eigenvalue weighted by molar-refractivity contribution is 5.85. The highest BCUT2D eigenvalue weighted by atomic mass is 16.5. The van der Waals surface area contributed by atoms with E-state index in [9.17, 15) is 0 Å². The summed E-state index contributed by atoms with van der Waals surface area (Å²) < 4.78 is 11.4. The Balaban J connectivity index is 1.82. The van der Waals surface area contributed by atoms with Crippen molar-refractivity contribution >= 4 is 10.8 Å². The first-order chi connectivity index (χ1) is 12.7. The number of ether oxygens (including phenoxy) is 2. The summed E-state index contributed by atoms with van der Waals surface area (Å²) in [6.45, 7) is 1.02. The number of nitrogens with zero attached hydrogens (tertiary/aromatic N) is 1. The Hall–Kier alpha value is -2.52. The maximum Gasteiger partial charge on any atom is 0.124 e. The summed E-state index contributed by atoms with van der Waals surface area (Å²) in [5.74, 6) is 1.93. The minimum Gasteiger partial charge on any atom is -0.496 e. The van der Waals surface area contributed by atoms with Crippen LogP contribution >= 0.6 is 0 Å².